The van der Waals surface area contributed by atoms with Crippen LogP contribution >= 0.6 is 0 Å². The van der Waals surface area contributed by atoms with Gasteiger partial charge in [0.2, 0.25) is 5.91 Å². The van der Waals surface area contributed by atoms with Gasteiger partial charge in [0.05, 0.1) is 18.2 Å². The number of carbonyl (C=O) groups is 2. The second-order valence-electron chi connectivity index (χ2n) is 7.78. The molecule has 158 valence electrons. The highest BCUT2D eigenvalue weighted by Crippen LogP contribution is 2.39. The zero-order valence-corrected chi connectivity index (χ0v) is 17.5. The molecule has 1 heterocycles. The predicted molar refractivity (Wildman–Crippen MR) is 109 cm³/mol. The monoisotopic (exact) mass is 413 g/mol. The lowest BCUT2D eigenvalue weighted by molar-refractivity contribution is -0.143. The van der Waals surface area contributed by atoms with Crippen molar-refractivity contribution in [2.45, 2.75) is 52.7 Å². The van der Waals surface area contributed by atoms with E-state index in [0.29, 0.717) is 11.3 Å². The first-order valence-electron chi connectivity index (χ1n) is 9.90. The second-order valence-corrected chi connectivity index (χ2v) is 7.78. The van der Waals surface area contributed by atoms with Gasteiger partial charge in [-0.05, 0) is 44.9 Å². The van der Waals surface area contributed by atoms with Crippen LogP contribution in [-0.2, 0) is 20.9 Å². The van der Waals surface area contributed by atoms with Crippen molar-refractivity contribution in [3.63, 3.8) is 0 Å². The summed E-state index contributed by atoms with van der Waals surface area (Å²) >= 11 is 0. The predicted octanol–water partition coefficient (Wildman–Crippen LogP) is 5.01. The zero-order valence-electron chi connectivity index (χ0n) is 17.5. The number of amides is 1. The lowest BCUT2D eigenvalue weighted by atomic mass is 9.81. The van der Waals surface area contributed by atoms with Crippen LogP contribution in [0.15, 0.2) is 53.7 Å². The van der Waals surface area contributed by atoms with Gasteiger partial charge in [-0.25, -0.2) is 13.6 Å². The molecule has 4 nitrogen and oxygen atoms in total. The largest absolute Gasteiger partial charge is 0.460 e. The molecular formula is C24H25F2NO3. The molecular weight excluding hydrogens is 388 g/mol. The Labute approximate surface area is 175 Å². The number of hydrogen-bond donors (Lipinski definition) is 0. The van der Waals surface area contributed by atoms with Gasteiger partial charge in [-0.3, -0.25) is 4.79 Å². The van der Waals surface area contributed by atoms with E-state index < -0.39 is 23.5 Å². The van der Waals surface area contributed by atoms with Gasteiger partial charge in [0, 0.05) is 29.7 Å². The summed E-state index contributed by atoms with van der Waals surface area (Å²) in [6, 6.07) is 10.8. The summed E-state index contributed by atoms with van der Waals surface area (Å²) in [7, 11) is 0. The van der Waals surface area contributed by atoms with Crippen LogP contribution in [0, 0.1) is 18.6 Å². The van der Waals surface area contributed by atoms with Gasteiger partial charge >= 0.3 is 5.97 Å². The van der Waals surface area contributed by atoms with Gasteiger partial charge in [0.25, 0.3) is 0 Å². The Kier molecular flexibility index (Phi) is 6.34. The fourth-order valence-electron chi connectivity index (χ4n) is 3.81. The van der Waals surface area contributed by atoms with Gasteiger partial charge in [0.15, 0.2) is 0 Å². The minimum absolute atomic E-state index is 0.0630. The van der Waals surface area contributed by atoms with Crippen LogP contribution in [0.2, 0.25) is 0 Å². The van der Waals surface area contributed by atoms with E-state index in [1.807, 2.05) is 31.2 Å². The smallest absolute Gasteiger partial charge is 0.336 e. The lowest BCUT2D eigenvalue weighted by Gasteiger charge is -2.35. The van der Waals surface area contributed by atoms with Crippen molar-refractivity contribution in [2.24, 2.45) is 0 Å². The molecule has 1 amide bonds. The zero-order chi connectivity index (χ0) is 22.0. The van der Waals surface area contributed by atoms with Crippen LogP contribution in [0.5, 0.6) is 0 Å². The summed E-state index contributed by atoms with van der Waals surface area (Å²) in [5.74, 6) is -2.59. The first kappa shape index (κ1) is 21.7. The van der Waals surface area contributed by atoms with Gasteiger partial charge in [-0.1, -0.05) is 30.3 Å². The number of rotatable bonds is 5. The number of benzene rings is 2. The highest BCUT2D eigenvalue weighted by molar-refractivity contribution is 5.96. The van der Waals surface area contributed by atoms with Crippen LogP contribution in [0.4, 0.5) is 8.78 Å². The van der Waals surface area contributed by atoms with Crippen LogP contribution in [-0.4, -0.2) is 22.9 Å². The van der Waals surface area contributed by atoms with Crippen LogP contribution in [0.25, 0.3) is 0 Å². The Hall–Kier alpha value is -3.02. The summed E-state index contributed by atoms with van der Waals surface area (Å²) < 4.78 is 32.9. The van der Waals surface area contributed by atoms with Crippen molar-refractivity contribution in [1.82, 2.24) is 4.90 Å². The topological polar surface area (TPSA) is 46.6 Å². The van der Waals surface area contributed by atoms with Crippen LogP contribution in [0.1, 0.15) is 49.8 Å². The van der Waals surface area contributed by atoms with E-state index >= 15 is 0 Å². The SMILES string of the molecule is CC1=C(C(=O)OC(C)C)C(c2ccccc2C)CC(=O)N1Cc1ccc(F)cc1F. The van der Waals surface area contributed by atoms with Crippen molar-refractivity contribution >= 4 is 11.9 Å². The Balaban J connectivity index is 2.07. The highest BCUT2D eigenvalue weighted by Gasteiger charge is 2.37. The van der Waals surface area contributed by atoms with Gasteiger partial charge in [0.1, 0.15) is 11.6 Å². The molecule has 0 radical (unpaired) electrons. The minimum atomic E-state index is -0.733. The molecule has 0 bridgehead atoms. The normalized spacial score (nSPS) is 17.0. The molecule has 2 aromatic carbocycles. The number of esters is 1. The number of nitrogens with zero attached hydrogens (tertiary/aromatic N) is 1. The molecule has 0 spiro atoms. The maximum atomic E-state index is 14.2. The molecule has 2 aromatic rings. The molecule has 0 N–H and O–H groups in total. The molecule has 6 heteroatoms. The number of halogens is 2. The molecule has 0 saturated heterocycles. The molecule has 0 saturated carbocycles. The van der Waals surface area contributed by atoms with E-state index in [2.05, 4.69) is 0 Å². The second kappa shape index (κ2) is 8.78. The maximum Gasteiger partial charge on any atom is 0.336 e. The first-order valence-corrected chi connectivity index (χ1v) is 9.90. The van der Waals surface area contributed by atoms with E-state index in [9.17, 15) is 18.4 Å². The third kappa shape index (κ3) is 4.42. The lowest BCUT2D eigenvalue weighted by Crippen LogP contribution is -2.38. The fraction of sp³-hybridized carbons (Fsp3) is 0.333. The Bertz CT molecular complexity index is 1010. The van der Waals surface area contributed by atoms with Crippen molar-refractivity contribution in [2.75, 3.05) is 0 Å². The first-order chi connectivity index (χ1) is 14.2. The minimum Gasteiger partial charge on any atom is -0.460 e. The Morgan fingerprint density at radius 2 is 1.87 bits per heavy atom. The number of aryl methyl sites for hydroxylation is 1. The molecule has 0 aromatic heterocycles. The average Bonchev–Trinajstić information content (AvgIpc) is 2.66. The summed E-state index contributed by atoms with van der Waals surface area (Å²) in [5, 5.41) is 0. The average molecular weight is 413 g/mol. The Morgan fingerprint density at radius 3 is 2.50 bits per heavy atom. The van der Waals surface area contributed by atoms with Gasteiger partial charge in [-0.15, -0.1) is 0 Å². The highest BCUT2D eigenvalue weighted by atomic mass is 19.1. The fourth-order valence-corrected chi connectivity index (χ4v) is 3.81. The van der Waals surface area contributed by atoms with E-state index in [-0.39, 0.29) is 30.5 Å². The number of hydrogen-bond acceptors (Lipinski definition) is 3. The van der Waals surface area contributed by atoms with E-state index in [4.69, 9.17) is 4.74 Å². The van der Waals surface area contributed by atoms with Gasteiger partial charge in [-0.2, -0.15) is 0 Å². The Morgan fingerprint density at radius 1 is 1.17 bits per heavy atom. The van der Waals surface area contributed by atoms with Crippen molar-refractivity contribution < 1.29 is 23.1 Å². The van der Waals surface area contributed by atoms with Crippen LogP contribution in [0.3, 0.4) is 0 Å². The van der Waals surface area contributed by atoms with Gasteiger partial charge < -0.3 is 9.64 Å². The summed E-state index contributed by atoms with van der Waals surface area (Å²) in [6.07, 6.45) is -0.260. The summed E-state index contributed by atoms with van der Waals surface area (Å²) in [6.45, 7) is 7.03. The molecule has 1 atom stereocenters. The molecule has 1 aliphatic heterocycles. The number of ether oxygens (including phenoxy) is 1. The third-order valence-electron chi connectivity index (χ3n) is 5.29. The number of carbonyl (C=O) groups excluding carboxylic acids is 2. The standard InChI is InChI=1S/C24H25F2NO3/c1-14(2)30-24(29)23-16(4)27(13-17-9-10-18(25)11-21(17)26)22(28)12-20(23)19-8-6-5-7-15(19)3/h5-11,14,20H,12-13H2,1-4H3. The molecule has 1 aliphatic rings. The van der Waals surface area contributed by atoms with E-state index in [0.717, 1.165) is 23.3 Å². The van der Waals surface area contributed by atoms with Crippen LogP contribution < -0.4 is 0 Å². The molecule has 0 aliphatic carbocycles. The van der Waals surface area contributed by atoms with E-state index in [1.54, 1.807) is 20.8 Å². The summed E-state index contributed by atoms with van der Waals surface area (Å²) in [4.78, 5) is 27.4. The quantitative estimate of drug-likeness (QED) is 0.647. The molecule has 0 fully saturated rings. The number of allylic oxidation sites excluding steroid dienone is 1. The third-order valence-corrected chi connectivity index (χ3v) is 5.29. The summed E-state index contributed by atoms with van der Waals surface area (Å²) in [5.41, 5.74) is 2.84. The molecule has 30 heavy (non-hydrogen) atoms. The van der Waals surface area contributed by atoms with Crippen molar-refractivity contribution in [3.05, 3.63) is 82.1 Å². The van der Waals surface area contributed by atoms with Crippen molar-refractivity contribution in [1.29, 1.82) is 0 Å². The molecule has 3 rings (SSSR count). The van der Waals surface area contributed by atoms with Crippen molar-refractivity contribution in [3.8, 4) is 0 Å². The van der Waals surface area contributed by atoms with E-state index in [1.165, 1.54) is 11.0 Å². The molecule has 1 unspecified atom stereocenters. The maximum absolute atomic E-state index is 14.2.